The van der Waals surface area contributed by atoms with Crippen LogP contribution in [0.4, 0.5) is 0 Å². The molecule has 102 valence electrons. The average Bonchev–Trinajstić information content (AvgIpc) is 2.29. The summed E-state index contributed by atoms with van der Waals surface area (Å²) < 4.78 is 20.9. The molecule has 0 radical (unpaired) electrons. The molecule has 0 heterocycles. The van der Waals surface area contributed by atoms with E-state index in [1.54, 1.807) is 0 Å². The Hall–Kier alpha value is -0.730. The Balaban J connectivity index is 3.54. The van der Waals surface area contributed by atoms with Crippen LogP contribution in [-0.4, -0.2) is 38.6 Å². The van der Waals surface area contributed by atoms with Gasteiger partial charge in [-0.1, -0.05) is 0 Å². The van der Waals surface area contributed by atoms with Crippen molar-refractivity contribution in [2.75, 3.05) is 11.5 Å². The second-order valence-corrected chi connectivity index (χ2v) is 5.41. The van der Waals surface area contributed by atoms with Gasteiger partial charge in [0.15, 0.2) is 22.9 Å². The molecule has 0 atom stereocenters. The first-order valence-electron chi connectivity index (χ1n) is 5.30. The molecule has 18 heavy (non-hydrogen) atoms. The Labute approximate surface area is 120 Å². The molecule has 0 spiro atoms. The second-order valence-electron chi connectivity index (χ2n) is 3.33. The maximum Gasteiger partial charge on any atom is 0.187 e. The van der Waals surface area contributed by atoms with Crippen LogP contribution in [0.1, 0.15) is 25.7 Å². The van der Waals surface area contributed by atoms with Gasteiger partial charge in [0.05, 0.1) is 0 Å². The van der Waals surface area contributed by atoms with Gasteiger partial charge in [-0.2, -0.15) is 0 Å². The minimum absolute atomic E-state index is 0.0955. The van der Waals surface area contributed by atoms with Gasteiger partial charge in [0.25, 0.3) is 0 Å². The van der Waals surface area contributed by atoms with Crippen molar-refractivity contribution in [2.45, 2.75) is 25.7 Å². The molecule has 0 saturated heterocycles. The third kappa shape index (κ3) is 10.4. The van der Waals surface area contributed by atoms with Gasteiger partial charge in [0, 0.05) is 35.1 Å². The quantitative estimate of drug-likeness (QED) is 0.367. The smallest absolute Gasteiger partial charge is 0.187 e. The fourth-order valence-corrected chi connectivity index (χ4v) is 2.49. The van der Waals surface area contributed by atoms with Crippen LogP contribution in [0.15, 0.2) is 0 Å². The highest BCUT2D eigenvalue weighted by molar-refractivity contribution is 7.84. The van der Waals surface area contributed by atoms with Gasteiger partial charge in [-0.05, 0) is 37.3 Å². The predicted octanol–water partition coefficient (Wildman–Crippen LogP) is 2.20. The average molecular weight is 308 g/mol. The zero-order valence-electron chi connectivity index (χ0n) is 9.85. The number of ether oxygens (including phenoxy) is 2. The van der Waals surface area contributed by atoms with Crippen molar-refractivity contribution in [3.8, 4) is 0 Å². The number of nitrogens with one attached hydrogen (secondary N) is 2. The number of thiocarbonyl (C=S) groups is 2. The molecule has 0 fully saturated rings. The maximum absolute atomic E-state index is 11.6. The summed E-state index contributed by atoms with van der Waals surface area (Å²) in [4.78, 5) is 0. The van der Waals surface area contributed by atoms with E-state index >= 15 is 0 Å². The van der Waals surface area contributed by atoms with Crippen LogP contribution >= 0.6 is 24.4 Å². The van der Waals surface area contributed by atoms with Crippen LogP contribution in [0.3, 0.4) is 0 Å². The molecule has 0 aromatic heterocycles. The zero-order chi connectivity index (χ0) is 13.8. The fraction of sp³-hybridized carbons (Fsp3) is 0.600. The van der Waals surface area contributed by atoms with Crippen LogP contribution < -0.4 is 0 Å². The van der Waals surface area contributed by atoms with Crippen molar-refractivity contribution in [2.24, 2.45) is 0 Å². The van der Waals surface area contributed by atoms with E-state index in [0.29, 0.717) is 37.2 Å². The van der Waals surface area contributed by atoms with Crippen molar-refractivity contribution in [3.63, 3.8) is 0 Å². The normalized spacial score (nSPS) is 11.3. The van der Waals surface area contributed by atoms with E-state index in [4.69, 9.17) is 10.8 Å². The lowest BCUT2D eigenvalue weighted by atomic mass is 10.3. The first-order chi connectivity index (χ1) is 8.60. The summed E-state index contributed by atoms with van der Waals surface area (Å²) in [6.45, 7) is 0. The zero-order valence-corrected chi connectivity index (χ0v) is 12.3. The summed E-state index contributed by atoms with van der Waals surface area (Å²) in [6.07, 6.45) is 2.12. The van der Waals surface area contributed by atoms with E-state index < -0.39 is 10.8 Å². The van der Waals surface area contributed by atoms with Crippen LogP contribution in [0, 0.1) is 10.8 Å². The third-order valence-corrected chi connectivity index (χ3v) is 3.61. The number of hydrogen-bond acceptors (Lipinski definition) is 7. The van der Waals surface area contributed by atoms with E-state index in [0.717, 1.165) is 11.1 Å². The fourth-order valence-electron chi connectivity index (χ4n) is 1.12. The van der Waals surface area contributed by atoms with Crippen LogP contribution in [0.2, 0.25) is 0 Å². The topological polar surface area (TPSA) is 83.2 Å². The second kappa shape index (κ2) is 11.4. The lowest BCUT2D eigenvalue weighted by Gasteiger charge is -2.03. The van der Waals surface area contributed by atoms with E-state index in [1.807, 2.05) is 0 Å². The van der Waals surface area contributed by atoms with Crippen LogP contribution in [0.25, 0.3) is 0 Å². The van der Waals surface area contributed by atoms with Crippen LogP contribution in [-0.2, 0) is 20.3 Å². The number of hydrogen-bond donors (Lipinski definition) is 2. The molecule has 0 saturated carbocycles. The highest BCUT2D eigenvalue weighted by Gasteiger charge is 2.04. The summed E-state index contributed by atoms with van der Waals surface area (Å²) in [5.41, 5.74) is 2.09. The Morgan fingerprint density at radius 3 is 1.72 bits per heavy atom. The molecule has 0 aliphatic rings. The van der Waals surface area contributed by atoms with Gasteiger partial charge in [-0.3, -0.25) is 15.0 Å². The van der Waals surface area contributed by atoms with Gasteiger partial charge in [-0.25, -0.2) is 0 Å². The summed E-state index contributed by atoms with van der Waals surface area (Å²) in [7, 11) is -0.938. The van der Waals surface area contributed by atoms with Crippen molar-refractivity contribution in [1.29, 1.82) is 10.8 Å². The molecule has 0 aromatic rings. The lowest BCUT2D eigenvalue weighted by Crippen LogP contribution is -2.08. The third-order valence-electron chi connectivity index (χ3n) is 1.93. The molecule has 0 rings (SSSR count). The molecule has 5 nitrogen and oxygen atoms in total. The summed E-state index contributed by atoms with van der Waals surface area (Å²) >= 11 is 8.89. The molecular formula is C10H16N2O3S3. The monoisotopic (exact) mass is 308 g/mol. The summed E-state index contributed by atoms with van der Waals surface area (Å²) in [5, 5.41) is 14.6. The summed E-state index contributed by atoms with van der Waals surface area (Å²) in [6, 6.07) is 0. The lowest BCUT2D eigenvalue weighted by molar-refractivity contribution is 0.549. The highest BCUT2D eigenvalue weighted by Crippen LogP contribution is 2.00. The minimum Gasteiger partial charge on any atom is -0.440 e. The molecule has 0 bridgehead atoms. The standard InChI is InChI=1S/C10H16N2O3S3/c11-9(14-7-16)3-1-5-18(13)6-2-4-10(12)15-8-17/h7-8,11-12H,1-6H2. The number of rotatable bonds is 10. The molecule has 0 aliphatic carbocycles. The Bertz CT molecular complexity index is 304. The van der Waals surface area contributed by atoms with E-state index in [2.05, 4.69) is 33.9 Å². The maximum atomic E-state index is 11.6. The van der Waals surface area contributed by atoms with Crippen molar-refractivity contribution in [1.82, 2.24) is 0 Å². The van der Waals surface area contributed by atoms with Crippen molar-refractivity contribution >= 4 is 58.1 Å². The molecule has 2 N–H and O–H groups in total. The predicted molar refractivity (Wildman–Crippen MR) is 81.3 cm³/mol. The Morgan fingerprint density at radius 1 is 1.00 bits per heavy atom. The van der Waals surface area contributed by atoms with E-state index in [9.17, 15) is 4.21 Å². The Kier molecular flexibility index (Phi) is 10.9. The SMILES string of the molecule is N=C(CCCS(=O)CCCC(=N)OC=S)OC=S. The van der Waals surface area contributed by atoms with Crippen molar-refractivity contribution in [3.05, 3.63) is 0 Å². The molecule has 0 amide bonds. The van der Waals surface area contributed by atoms with Gasteiger partial charge >= 0.3 is 0 Å². The van der Waals surface area contributed by atoms with Gasteiger partial charge in [0.2, 0.25) is 0 Å². The Morgan fingerprint density at radius 2 is 1.39 bits per heavy atom. The summed E-state index contributed by atoms with van der Waals surface area (Å²) in [5.74, 6) is 1.23. The molecule has 0 unspecified atom stereocenters. The van der Waals surface area contributed by atoms with Crippen molar-refractivity contribution < 1.29 is 13.7 Å². The molecular weight excluding hydrogens is 292 g/mol. The van der Waals surface area contributed by atoms with Gasteiger partial charge < -0.3 is 9.47 Å². The van der Waals surface area contributed by atoms with Crippen LogP contribution in [0.5, 0.6) is 0 Å². The first-order valence-corrected chi connectivity index (χ1v) is 7.73. The molecule has 0 aliphatic heterocycles. The highest BCUT2D eigenvalue weighted by atomic mass is 32.2. The first kappa shape index (κ1) is 17.3. The van der Waals surface area contributed by atoms with Gasteiger partial charge in [0.1, 0.15) is 0 Å². The van der Waals surface area contributed by atoms with Gasteiger partial charge in [-0.15, -0.1) is 0 Å². The molecule has 0 aromatic carbocycles. The minimum atomic E-state index is -0.938. The molecule has 8 heteroatoms. The van der Waals surface area contributed by atoms with E-state index in [1.165, 1.54) is 0 Å². The van der Waals surface area contributed by atoms with E-state index in [-0.39, 0.29) is 11.8 Å². The largest absolute Gasteiger partial charge is 0.440 e.